The number of likely N-dealkylation sites (N-methyl/N-ethyl adjacent to an activating group) is 1. The third-order valence-corrected chi connectivity index (χ3v) is 3.78. The van der Waals surface area contributed by atoms with Crippen LogP contribution in [0.1, 0.15) is 26.7 Å². The topological polar surface area (TPSA) is 21.3 Å². The Morgan fingerprint density at radius 1 is 1.60 bits per heavy atom. The van der Waals surface area contributed by atoms with Gasteiger partial charge >= 0.3 is 0 Å². The van der Waals surface area contributed by atoms with Crippen LogP contribution in [0.3, 0.4) is 0 Å². The predicted molar refractivity (Wildman–Crippen MR) is 68.6 cm³/mol. The molecular formula is C12H23NOS. The molecule has 0 aromatic carbocycles. The van der Waals surface area contributed by atoms with Crippen LogP contribution in [0, 0.1) is 0 Å². The third kappa shape index (κ3) is 4.58. The average molecular weight is 229 g/mol. The van der Waals surface area contributed by atoms with Crippen LogP contribution in [0.15, 0.2) is 12.2 Å². The Morgan fingerprint density at radius 3 is 2.93 bits per heavy atom. The number of rotatable bonds is 6. The fraction of sp³-hybridized carbons (Fsp3) is 0.833. The molecule has 0 amide bonds. The van der Waals surface area contributed by atoms with Crippen LogP contribution in [0.2, 0.25) is 0 Å². The lowest BCUT2D eigenvalue weighted by molar-refractivity contribution is 0.0475. The second-order valence-corrected chi connectivity index (χ2v) is 5.11. The normalized spacial score (nSPS) is 23.7. The van der Waals surface area contributed by atoms with Crippen molar-refractivity contribution in [3.8, 4) is 0 Å². The molecule has 1 saturated heterocycles. The molecule has 2 atom stereocenters. The van der Waals surface area contributed by atoms with Crippen molar-refractivity contribution in [3.05, 3.63) is 12.2 Å². The number of nitrogens with one attached hydrogen (secondary N) is 1. The summed E-state index contributed by atoms with van der Waals surface area (Å²) in [5.41, 5.74) is 1.32. The minimum atomic E-state index is 0.368. The van der Waals surface area contributed by atoms with Crippen LogP contribution >= 0.6 is 11.8 Å². The van der Waals surface area contributed by atoms with Gasteiger partial charge in [0.05, 0.1) is 12.7 Å². The average Bonchev–Trinajstić information content (AvgIpc) is 2.29. The van der Waals surface area contributed by atoms with Gasteiger partial charge in [0.15, 0.2) is 0 Å². The van der Waals surface area contributed by atoms with Crippen LogP contribution < -0.4 is 5.32 Å². The highest BCUT2D eigenvalue weighted by Crippen LogP contribution is 2.19. The van der Waals surface area contributed by atoms with Crippen molar-refractivity contribution in [3.63, 3.8) is 0 Å². The molecule has 2 nitrogen and oxygen atoms in total. The van der Waals surface area contributed by atoms with Gasteiger partial charge in [0, 0.05) is 17.5 Å². The molecule has 88 valence electrons. The van der Waals surface area contributed by atoms with E-state index in [1.54, 1.807) is 0 Å². The van der Waals surface area contributed by atoms with E-state index in [0.717, 1.165) is 37.5 Å². The van der Waals surface area contributed by atoms with Crippen LogP contribution in [-0.4, -0.2) is 36.8 Å². The van der Waals surface area contributed by atoms with Crippen molar-refractivity contribution in [2.45, 2.75) is 38.8 Å². The van der Waals surface area contributed by atoms with E-state index in [0.29, 0.717) is 12.1 Å². The van der Waals surface area contributed by atoms with E-state index in [4.69, 9.17) is 4.74 Å². The van der Waals surface area contributed by atoms with E-state index < -0.39 is 0 Å². The summed E-state index contributed by atoms with van der Waals surface area (Å²) in [5, 5.41) is 3.52. The molecule has 0 aromatic heterocycles. The minimum absolute atomic E-state index is 0.368. The van der Waals surface area contributed by atoms with Crippen LogP contribution in [-0.2, 0) is 4.74 Å². The molecule has 1 rings (SSSR count). The van der Waals surface area contributed by atoms with Gasteiger partial charge in [-0.15, -0.1) is 0 Å². The first-order valence-corrected chi connectivity index (χ1v) is 7.02. The Labute approximate surface area is 97.8 Å². The van der Waals surface area contributed by atoms with Crippen molar-refractivity contribution in [1.29, 1.82) is 0 Å². The maximum atomic E-state index is 5.81. The van der Waals surface area contributed by atoms with E-state index >= 15 is 0 Å². The molecular weight excluding hydrogens is 206 g/mol. The fourth-order valence-electron chi connectivity index (χ4n) is 1.79. The molecule has 0 aromatic rings. The lowest BCUT2D eigenvalue weighted by atomic mass is 10.0. The number of thioether (sulfide) groups is 1. The zero-order valence-electron chi connectivity index (χ0n) is 9.92. The summed E-state index contributed by atoms with van der Waals surface area (Å²) in [4.78, 5) is 0. The summed E-state index contributed by atoms with van der Waals surface area (Å²) < 4.78 is 5.81. The molecule has 0 bridgehead atoms. The molecule has 1 N–H and O–H groups in total. The van der Waals surface area contributed by atoms with E-state index in [-0.39, 0.29) is 0 Å². The fourth-order valence-corrected chi connectivity index (χ4v) is 2.73. The summed E-state index contributed by atoms with van der Waals surface area (Å²) in [6, 6.07) is 0.454. The molecule has 0 radical (unpaired) electrons. The maximum absolute atomic E-state index is 5.81. The predicted octanol–water partition coefficient (Wildman–Crippen LogP) is 2.45. The van der Waals surface area contributed by atoms with Crippen molar-refractivity contribution in [1.82, 2.24) is 5.32 Å². The second-order valence-electron chi connectivity index (χ2n) is 3.96. The monoisotopic (exact) mass is 229 g/mol. The second kappa shape index (κ2) is 7.31. The van der Waals surface area contributed by atoms with E-state index in [2.05, 4.69) is 25.7 Å². The molecule has 3 heteroatoms. The zero-order chi connectivity index (χ0) is 11.1. The molecule has 1 heterocycles. The first kappa shape index (κ1) is 13.1. The van der Waals surface area contributed by atoms with E-state index in [9.17, 15) is 0 Å². The van der Waals surface area contributed by atoms with Gasteiger partial charge in [-0.2, -0.15) is 11.8 Å². The van der Waals surface area contributed by atoms with Gasteiger partial charge in [-0.1, -0.05) is 26.0 Å². The molecule has 1 fully saturated rings. The van der Waals surface area contributed by atoms with Crippen molar-refractivity contribution in [2.75, 3.05) is 24.7 Å². The minimum Gasteiger partial charge on any atom is -0.375 e. The Bertz CT molecular complexity index is 190. The first-order valence-electron chi connectivity index (χ1n) is 5.87. The third-order valence-electron chi connectivity index (χ3n) is 2.77. The highest BCUT2D eigenvalue weighted by Gasteiger charge is 2.24. The molecule has 1 aliphatic heterocycles. The molecule has 15 heavy (non-hydrogen) atoms. The first-order chi connectivity index (χ1) is 7.27. The quantitative estimate of drug-likeness (QED) is 0.707. The van der Waals surface area contributed by atoms with Crippen LogP contribution in [0.25, 0.3) is 0 Å². The summed E-state index contributed by atoms with van der Waals surface area (Å²) >= 11 is 2.00. The Balaban J connectivity index is 2.43. The van der Waals surface area contributed by atoms with Gasteiger partial charge in [-0.3, -0.25) is 0 Å². The summed E-state index contributed by atoms with van der Waals surface area (Å²) in [6.07, 6.45) is 2.49. The van der Waals surface area contributed by atoms with Gasteiger partial charge in [-0.25, -0.2) is 0 Å². The SMILES string of the molecule is C=C(CC)CC(NCC)C1CSCCO1. The van der Waals surface area contributed by atoms with Gasteiger partial charge in [0.25, 0.3) is 0 Å². The smallest absolute Gasteiger partial charge is 0.0821 e. The van der Waals surface area contributed by atoms with Crippen LogP contribution in [0.4, 0.5) is 0 Å². The Kier molecular flexibility index (Phi) is 6.37. The largest absolute Gasteiger partial charge is 0.375 e. The highest BCUT2D eigenvalue weighted by molar-refractivity contribution is 7.99. The zero-order valence-corrected chi connectivity index (χ0v) is 10.7. The maximum Gasteiger partial charge on any atom is 0.0821 e. The van der Waals surface area contributed by atoms with Gasteiger partial charge in [0.2, 0.25) is 0 Å². The van der Waals surface area contributed by atoms with Gasteiger partial charge in [0.1, 0.15) is 0 Å². The lowest BCUT2D eigenvalue weighted by Gasteiger charge is -2.31. The summed E-state index contributed by atoms with van der Waals surface area (Å²) in [6.45, 7) is 10.3. The number of ether oxygens (including phenoxy) is 1. The number of hydrogen-bond acceptors (Lipinski definition) is 3. The Hall–Kier alpha value is 0.01000. The highest BCUT2D eigenvalue weighted by atomic mass is 32.2. The van der Waals surface area contributed by atoms with Crippen molar-refractivity contribution in [2.24, 2.45) is 0 Å². The van der Waals surface area contributed by atoms with Gasteiger partial charge in [-0.05, 0) is 19.4 Å². The van der Waals surface area contributed by atoms with Crippen LogP contribution in [0.5, 0.6) is 0 Å². The van der Waals surface area contributed by atoms with Crippen molar-refractivity contribution < 1.29 is 4.74 Å². The van der Waals surface area contributed by atoms with E-state index in [1.807, 2.05) is 11.8 Å². The van der Waals surface area contributed by atoms with E-state index in [1.165, 1.54) is 5.57 Å². The molecule has 1 aliphatic rings. The standard InChI is InChI=1S/C12H23NOS/c1-4-10(3)8-11(13-5-2)12-9-15-7-6-14-12/h11-13H,3-9H2,1-2H3. The van der Waals surface area contributed by atoms with Crippen molar-refractivity contribution >= 4 is 11.8 Å². The molecule has 0 saturated carbocycles. The number of hydrogen-bond donors (Lipinski definition) is 1. The molecule has 0 spiro atoms. The Morgan fingerprint density at radius 2 is 2.40 bits per heavy atom. The van der Waals surface area contributed by atoms with Gasteiger partial charge < -0.3 is 10.1 Å². The summed E-state index contributed by atoms with van der Waals surface area (Å²) in [5.74, 6) is 2.26. The summed E-state index contributed by atoms with van der Waals surface area (Å²) in [7, 11) is 0. The molecule has 2 unspecified atom stereocenters. The molecule has 0 aliphatic carbocycles. The lowest BCUT2D eigenvalue weighted by Crippen LogP contribution is -2.44.